The van der Waals surface area contributed by atoms with Crippen LogP contribution in [0.3, 0.4) is 0 Å². The van der Waals surface area contributed by atoms with Gasteiger partial charge in [-0.1, -0.05) is 24.3 Å². The predicted molar refractivity (Wildman–Crippen MR) is 102 cm³/mol. The monoisotopic (exact) mass is 384 g/mol. The molecule has 2 amide bonds. The summed E-state index contributed by atoms with van der Waals surface area (Å²) in [7, 11) is 0. The first kappa shape index (κ1) is 19.3. The molecule has 146 valence electrons. The van der Waals surface area contributed by atoms with Gasteiger partial charge in [0.2, 0.25) is 0 Å². The molecule has 0 fully saturated rings. The Hall–Kier alpha value is -3.42. The first-order chi connectivity index (χ1) is 13.5. The number of urea groups is 1. The third-order valence-corrected chi connectivity index (χ3v) is 4.34. The minimum absolute atomic E-state index is 0.0112. The van der Waals surface area contributed by atoms with Gasteiger partial charge in [-0.3, -0.25) is 4.79 Å². The average molecular weight is 384 g/mol. The van der Waals surface area contributed by atoms with Crippen LogP contribution in [0.5, 0.6) is 0 Å². The number of hydrogen-bond donors (Lipinski definition) is 3. The first-order valence-corrected chi connectivity index (χ1v) is 8.94. The number of carboxylic acids is 1. The van der Waals surface area contributed by atoms with Gasteiger partial charge in [0.05, 0.1) is 23.4 Å². The van der Waals surface area contributed by atoms with Crippen molar-refractivity contribution in [3.8, 4) is 0 Å². The Kier molecular flexibility index (Phi) is 6.21. The zero-order valence-electron chi connectivity index (χ0n) is 15.1. The zero-order chi connectivity index (χ0) is 19.9. The van der Waals surface area contributed by atoms with Crippen molar-refractivity contribution in [1.82, 2.24) is 20.2 Å². The number of hydrogen-bond acceptors (Lipinski definition) is 3. The maximum absolute atomic E-state index is 13.3. The summed E-state index contributed by atoms with van der Waals surface area (Å²) in [5, 5.41) is 14.2. The lowest BCUT2D eigenvalue weighted by Crippen LogP contribution is -2.39. The second-order valence-electron chi connectivity index (χ2n) is 6.39. The van der Waals surface area contributed by atoms with Crippen LogP contribution in [0.4, 0.5) is 9.18 Å². The molecular weight excluding hydrogens is 363 g/mol. The molecule has 2 aromatic carbocycles. The van der Waals surface area contributed by atoms with E-state index >= 15 is 0 Å². The van der Waals surface area contributed by atoms with E-state index in [1.165, 1.54) is 12.1 Å². The Labute approximate surface area is 161 Å². The van der Waals surface area contributed by atoms with Crippen LogP contribution in [0.25, 0.3) is 11.0 Å². The minimum atomic E-state index is -0.904. The van der Waals surface area contributed by atoms with E-state index in [0.29, 0.717) is 13.0 Å². The predicted octanol–water partition coefficient (Wildman–Crippen LogP) is 3.08. The van der Waals surface area contributed by atoms with Crippen LogP contribution in [0.2, 0.25) is 0 Å². The number of aromatic nitrogens is 2. The van der Waals surface area contributed by atoms with Crippen molar-refractivity contribution >= 4 is 23.0 Å². The largest absolute Gasteiger partial charge is 0.481 e. The summed E-state index contributed by atoms with van der Waals surface area (Å²) in [6, 6.07) is 12.8. The molecule has 3 rings (SSSR count). The summed E-state index contributed by atoms with van der Waals surface area (Å²) in [5.41, 5.74) is 2.52. The first-order valence-electron chi connectivity index (χ1n) is 8.94. The summed E-state index contributed by atoms with van der Waals surface area (Å²) in [4.78, 5) is 27.2. The Morgan fingerprint density at radius 1 is 1.14 bits per heavy atom. The van der Waals surface area contributed by atoms with Crippen LogP contribution in [0.1, 0.15) is 24.4 Å². The van der Waals surface area contributed by atoms with Crippen molar-refractivity contribution in [3.05, 3.63) is 66.2 Å². The van der Waals surface area contributed by atoms with Gasteiger partial charge in [-0.2, -0.15) is 0 Å². The number of carbonyl (C=O) groups is 2. The average Bonchev–Trinajstić information content (AvgIpc) is 3.08. The van der Waals surface area contributed by atoms with Crippen molar-refractivity contribution in [2.24, 2.45) is 0 Å². The molecule has 0 radical (unpaired) electrons. The summed E-state index contributed by atoms with van der Waals surface area (Å²) in [6.07, 6.45) is 2.03. The molecule has 0 aliphatic carbocycles. The molecule has 8 heteroatoms. The van der Waals surface area contributed by atoms with E-state index in [1.54, 1.807) is 18.5 Å². The third kappa shape index (κ3) is 5.06. The molecule has 0 bridgehead atoms. The number of rotatable bonds is 8. The van der Waals surface area contributed by atoms with Gasteiger partial charge in [-0.25, -0.2) is 14.2 Å². The number of para-hydroxylation sites is 2. The van der Waals surface area contributed by atoms with E-state index in [1.807, 2.05) is 28.8 Å². The Morgan fingerprint density at radius 2 is 1.89 bits per heavy atom. The SMILES string of the molecule is O=C(O)CCCNC(=O)NC(Cn1cnc2ccccc21)c1ccc(F)cc1. The van der Waals surface area contributed by atoms with Crippen molar-refractivity contribution in [1.29, 1.82) is 0 Å². The summed E-state index contributed by atoms with van der Waals surface area (Å²) < 4.78 is 15.2. The van der Waals surface area contributed by atoms with E-state index in [4.69, 9.17) is 5.11 Å². The highest BCUT2D eigenvalue weighted by Crippen LogP contribution is 2.19. The van der Waals surface area contributed by atoms with Crippen molar-refractivity contribution in [2.45, 2.75) is 25.4 Å². The number of benzene rings is 2. The molecule has 1 atom stereocenters. The Bertz CT molecular complexity index is 955. The molecule has 7 nitrogen and oxygen atoms in total. The number of nitrogens with zero attached hydrogens (tertiary/aromatic N) is 2. The standard InChI is InChI=1S/C20H21FN4O3/c21-15-9-7-14(8-10-15)17(24-20(28)22-11-3-6-19(26)27)12-25-13-23-16-4-1-2-5-18(16)25/h1-2,4-5,7-10,13,17H,3,6,11-12H2,(H,26,27)(H2,22,24,28). The van der Waals surface area contributed by atoms with Gasteiger partial charge >= 0.3 is 12.0 Å². The van der Waals surface area contributed by atoms with Gasteiger partial charge in [0.1, 0.15) is 5.82 Å². The van der Waals surface area contributed by atoms with Crippen LogP contribution < -0.4 is 10.6 Å². The van der Waals surface area contributed by atoms with Gasteiger partial charge in [0, 0.05) is 19.5 Å². The van der Waals surface area contributed by atoms with Gasteiger partial charge in [0.25, 0.3) is 0 Å². The normalized spacial score (nSPS) is 11.9. The van der Waals surface area contributed by atoms with E-state index in [0.717, 1.165) is 16.6 Å². The Balaban J connectivity index is 1.73. The van der Waals surface area contributed by atoms with Crippen LogP contribution in [-0.4, -0.2) is 33.2 Å². The van der Waals surface area contributed by atoms with Gasteiger partial charge in [-0.05, 0) is 36.2 Å². The van der Waals surface area contributed by atoms with E-state index in [9.17, 15) is 14.0 Å². The van der Waals surface area contributed by atoms with E-state index in [2.05, 4.69) is 15.6 Å². The second-order valence-corrected chi connectivity index (χ2v) is 6.39. The molecule has 0 saturated carbocycles. The number of aliphatic carboxylic acids is 1. The molecule has 3 aromatic rings. The number of carbonyl (C=O) groups excluding carboxylic acids is 1. The van der Waals surface area contributed by atoms with Gasteiger partial charge < -0.3 is 20.3 Å². The topological polar surface area (TPSA) is 96.3 Å². The smallest absolute Gasteiger partial charge is 0.315 e. The zero-order valence-corrected chi connectivity index (χ0v) is 15.1. The fourth-order valence-corrected chi connectivity index (χ4v) is 2.93. The number of carboxylic acid groups (broad SMARTS) is 1. The fourth-order valence-electron chi connectivity index (χ4n) is 2.93. The second kappa shape index (κ2) is 8.98. The summed E-state index contributed by atoms with van der Waals surface area (Å²) >= 11 is 0. The van der Waals surface area contributed by atoms with E-state index < -0.39 is 18.0 Å². The van der Waals surface area contributed by atoms with Gasteiger partial charge in [-0.15, -0.1) is 0 Å². The van der Waals surface area contributed by atoms with Crippen molar-refractivity contribution < 1.29 is 19.1 Å². The third-order valence-electron chi connectivity index (χ3n) is 4.34. The number of amides is 2. The molecule has 1 unspecified atom stereocenters. The maximum atomic E-state index is 13.3. The highest BCUT2D eigenvalue weighted by molar-refractivity contribution is 5.76. The molecule has 3 N–H and O–H groups in total. The number of fused-ring (bicyclic) bond motifs is 1. The minimum Gasteiger partial charge on any atom is -0.481 e. The van der Waals surface area contributed by atoms with Crippen LogP contribution in [-0.2, 0) is 11.3 Å². The van der Waals surface area contributed by atoms with Gasteiger partial charge in [0.15, 0.2) is 0 Å². The van der Waals surface area contributed by atoms with Crippen molar-refractivity contribution in [3.63, 3.8) is 0 Å². The van der Waals surface area contributed by atoms with Crippen LogP contribution in [0, 0.1) is 5.82 Å². The Morgan fingerprint density at radius 3 is 2.64 bits per heavy atom. The molecule has 1 heterocycles. The molecular formula is C20H21FN4O3. The molecule has 28 heavy (non-hydrogen) atoms. The number of imidazole rings is 1. The summed E-state index contributed by atoms with van der Waals surface area (Å²) in [6.45, 7) is 0.664. The number of nitrogens with one attached hydrogen (secondary N) is 2. The summed E-state index contributed by atoms with van der Waals surface area (Å²) in [5.74, 6) is -1.26. The molecule has 1 aromatic heterocycles. The van der Waals surface area contributed by atoms with E-state index in [-0.39, 0.29) is 18.8 Å². The lowest BCUT2D eigenvalue weighted by molar-refractivity contribution is -0.137. The quantitative estimate of drug-likeness (QED) is 0.520. The maximum Gasteiger partial charge on any atom is 0.315 e. The fraction of sp³-hybridized carbons (Fsp3) is 0.250. The molecule has 0 saturated heterocycles. The lowest BCUT2D eigenvalue weighted by atomic mass is 10.1. The number of halogens is 1. The molecule has 0 aliphatic rings. The van der Waals surface area contributed by atoms with Crippen LogP contribution in [0.15, 0.2) is 54.9 Å². The van der Waals surface area contributed by atoms with Crippen molar-refractivity contribution in [2.75, 3.05) is 6.54 Å². The van der Waals surface area contributed by atoms with Crippen LogP contribution >= 0.6 is 0 Å². The highest BCUT2D eigenvalue weighted by atomic mass is 19.1. The molecule has 0 aliphatic heterocycles. The molecule has 0 spiro atoms. The highest BCUT2D eigenvalue weighted by Gasteiger charge is 2.17. The lowest BCUT2D eigenvalue weighted by Gasteiger charge is -2.20.